The first-order valence-electron chi connectivity index (χ1n) is 8.99. The van der Waals surface area contributed by atoms with E-state index in [0.717, 1.165) is 44.7 Å². The summed E-state index contributed by atoms with van der Waals surface area (Å²) in [5.41, 5.74) is 3.09. The summed E-state index contributed by atoms with van der Waals surface area (Å²) in [5.74, 6) is 6.83. The molecule has 1 saturated heterocycles. The smallest absolute Gasteiger partial charge is 0.114 e. The van der Waals surface area contributed by atoms with E-state index in [9.17, 15) is 0 Å². The predicted octanol–water partition coefficient (Wildman–Crippen LogP) is 6.16. The van der Waals surface area contributed by atoms with Crippen molar-refractivity contribution in [2.45, 2.75) is 25.3 Å². The van der Waals surface area contributed by atoms with Crippen LogP contribution in [0.3, 0.4) is 0 Å². The Morgan fingerprint density at radius 2 is 1.81 bits per heavy atom. The quantitative estimate of drug-likeness (QED) is 0.485. The summed E-state index contributed by atoms with van der Waals surface area (Å²) < 4.78 is 1.03. The van der Waals surface area contributed by atoms with Gasteiger partial charge in [0.25, 0.3) is 0 Å². The lowest BCUT2D eigenvalue weighted by atomic mass is 10.1. The molecule has 3 aromatic rings. The summed E-state index contributed by atoms with van der Waals surface area (Å²) in [6.07, 6.45) is 3.72. The largest absolute Gasteiger partial charge is 0.355 e. The van der Waals surface area contributed by atoms with Crippen molar-refractivity contribution in [3.63, 3.8) is 0 Å². The molecule has 0 radical (unpaired) electrons. The molecular formula is C22H20BrClN2. The van der Waals surface area contributed by atoms with E-state index >= 15 is 0 Å². The van der Waals surface area contributed by atoms with E-state index in [1.165, 1.54) is 19.3 Å². The lowest BCUT2D eigenvalue weighted by molar-refractivity contribution is 0.195. The van der Waals surface area contributed by atoms with Crippen molar-refractivity contribution < 1.29 is 0 Å². The molecule has 2 aromatic carbocycles. The van der Waals surface area contributed by atoms with Crippen LogP contribution in [0.15, 0.2) is 53.0 Å². The van der Waals surface area contributed by atoms with Crippen LogP contribution < -0.4 is 0 Å². The van der Waals surface area contributed by atoms with Gasteiger partial charge in [-0.2, -0.15) is 0 Å². The first-order chi connectivity index (χ1) is 12.7. The van der Waals surface area contributed by atoms with Crippen molar-refractivity contribution in [3.8, 4) is 11.8 Å². The molecule has 0 saturated carbocycles. The van der Waals surface area contributed by atoms with Crippen LogP contribution >= 0.6 is 27.5 Å². The molecule has 1 fully saturated rings. The Bertz CT molecular complexity index is 962. The number of fused-ring (bicyclic) bond motifs is 1. The summed E-state index contributed by atoms with van der Waals surface area (Å²) in [4.78, 5) is 5.98. The maximum atomic E-state index is 6.78. The Labute approximate surface area is 167 Å². The van der Waals surface area contributed by atoms with Crippen molar-refractivity contribution in [1.82, 2.24) is 9.88 Å². The standard InChI is InChI=1S/C22H20BrClN2/c23-17-10-11-19-18(15-17)21(24)22(25-19)20(26-13-5-2-6-14-26)12-9-16-7-3-1-4-8-16/h1,3-4,7-8,10-11,15,20,25H,2,5-6,13-14H2. The molecule has 1 atom stereocenters. The van der Waals surface area contributed by atoms with Gasteiger partial charge in [-0.15, -0.1) is 0 Å². The fourth-order valence-electron chi connectivity index (χ4n) is 3.54. The highest BCUT2D eigenvalue weighted by molar-refractivity contribution is 9.10. The minimum Gasteiger partial charge on any atom is -0.355 e. The van der Waals surface area contributed by atoms with Crippen LogP contribution in [0.5, 0.6) is 0 Å². The molecular weight excluding hydrogens is 408 g/mol. The van der Waals surface area contributed by atoms with E-state index in [4.69, 9.17) is 11.6 Å². The molecule has 2 heterocycles. The van der Waals surface area contributed by atoms with E-state index < -0.39 is 0 Å². The number of aromatic amines is 1. The van der Waals surface area contributed by atoms with Crippen LogP contribution in [-0.4, -0.2) is 23.0 Å². The lowest BCUT2D eigenvalue weighted by Gasteiger charge is -2.31. The maximum absolute atomic E-state index is 6.78. The molecule has 1 N–H and O–H groups in total. The number of rotatable bonds is 2. The van der Waals surface area contributed by atoms with Gasteiger partial charge < -0.3 is 4.98 Å². The second-order valence-corrected chi connectivity index (χ2v) is 7.97. The van der Waals surface area contributed by atoms with Crippen LogP contribution in [0, 0.1) is 11.8 Å². The molecule has 4 rings (SSSR count). The Kier molecular flexibility index (Phi) is 5.36. The molecule has 1 unspecified atom stereocenters. The zero-order valence-corrected chi connectivity index (χ0v) is 16.8. The van der Waals surface area contributed by atoms with E-state index in [1.54, 1.807) is 0 Å². The number of aromatic nitrogens is 1. The van der Waals surface area contributed by atoms with Crippen LogP contribution in [0.25, 0.3) is 10.9 Å². The average molecular weight is 428 g/mol. The van der Waals surface area contributed by atoms with Gasteiger partial charge in [-0.05, 0) is 56.3 Å². The maximum Gasteiger partial charge on any atom is 0.114 e. The Morgan fingerprint density at radius 3 is 2.58 bits per heavy atom. The zero-order chi connectivity index (χ0) is 17.9. The number of piperidine rings is 1. The van der Waals surface area contributed by atoms with Gasteiger partial charge in [0, 0.05) is 20.9 Å². The second kappa shape index (κ2) is 7.88. The summed E-state index contributed by atoms with van der Waals surface area (Å²) in [6.45, 7) is 2.12. The molecule has 0 spiro atoms. The van der Waals surface area contributed by atoms with Crippen molar-refractivity contribution in [1.29, 1.82) is 0 Å². The normalized spacial score (nSPS) is 16.2. The van der Waals surface area contributed by atoms with Crippen LogP contribution in [0.1, 0.15) is 36.6 Å². The van der Waals surface area contributed by atoms with Crippen LogP contribution in [-0.2, 0) is 0 Å². The highest BCUT2D eigenvalue weighted by Crippen LogP contribution is 2.35. The molecule has 0 aliphatic carbocycles. The van der Waals surface area contributed by atoms with E-state index in [1.807, 2.05) is 36.4 Å². The van der Waals surface area contributed by atoms with Gasteiger partial charge in [0.15, 0.2) is 0 Å². The summed E-state index contributed by atoms with van der Waals surface area (Å²) in [6, 6.07) is 16.3. The third-order valence-corrected chi connectivity index (χ3v) is 5.78. The predicted molar refractivity (Wildman–Crippen MR) is 112 cm³/mol. The van der Waals surface area contributed by atoms with Gasteiger partial charge in [0.1, 0.15) is 6.04 Å². The molecule has 132 valence electrons. The van der Waals surface area contributed by atoms with Crippen molar-refractivity contribution in [2.75, 3.05) is 13.1 Å². The molecule has 26 heavy (non-hydrogen) atoms. The molecule has 0 bridgehead atoms. The second-order valence-electron chi connectivity index (χ2n) is 6.68. The fraction of sp³-hybridized carbons (Fsp3) is 0.273. The first kappa shape index (κ1) is 17.7. The first-order valence-corrected chi connectivity index (χ1v) is 10.2. The van der Waals surface area contributed by atoms with Crippen molar-refractivity contribution >= 4 is 38.4 Å². The number of hydrogen-bond acceptors (Lipinski definition) is 1. The number of nitrogens with one attached hydrogen (secondary N) is 1. The van der Waals surface area contributed by atoms with Gasteiger partial charge in [0.05, 0.1) is 10.7 Å². The zero-order valence-electron chi connectivity index (χ0n) is 14.4. The van der Waals surface area contributed by atoms with E-state index in [-0.39, 0.29) is 6.04 Å². The highest BCUT2D eigenvalue weighted by atomic mass is 79.9. The Morgan fingerprint density at radius 1 is 1.04 bits per heavy atom. The molecule has 4 heteroatoms. The molecule has 1 aliphatic heterocycles. The topological polar surface area (TPSA) is 19.0 Å². The van der Waals surface area contributed by atoms with Gasteiger partial charge in [-0.1, -0.05) is 64.0 Å². The monoisotopic (exact) mass is 426 g/mol. The third kappa shape index (κ3) is 3.69. The van der Waals surface area contributed by atoms with Crippen LogP contribution in [0.2, 0.25) is 5.02 Å². The summed E-state index contributed by atoms with van der Waals surface area (Å²) >= 11 is 10.3. The minimum absolute atomic E-state index is 0.0193. The highest BCUT2D eigenvalue weighted by Gasteiger charge is 2.25. The van der Waals surface area contributed by atoms with Gasteiger partial charge >= 0.3 is 0 Å². The summed E-state index contributed by atoms with van der Waals surface area (Å²) in [5, 5.41) is 1.82. The molecule has 0 amide bonds. The number of H-pyrrole nitrogens is 1. The Balaban J connectivity index is 1.78. The van der Waals surface area contributed by atoms with E-state index in [0.29, 0.717) is 0 Å². The van der Waals surface area contributed by atoms with Gasteiger partial charge in [-0.3, -0.25) is 4.90 Å². The average Bonchev–Trinajstić information content (AvgIpc) is 3.00. The number of benzene rings is 2. The number of hydrogen-bond donors (Lipinski definition) is 1. The Hall–Kier alpha value is -1.73. The third-order valence-electron chi connectivity index (χ3n) is 4.88. The lowest BCUT2D eigenvalue weighted by Crippen LogP contribution is -2.33. The minimum atomic E-state index is -0.0193. The molecule has 2 nitrogen and oxygen atoms in total. The van der Waals surface area contributed by atoms with Gasteiger partial charge in [-0.25, -0.2) is 0 Å². The van der Waals surface area contributed by atoms with Gasteiger partial charge in [0.2, 0.25) is 0 Å². The molecule has 1 aromatic heterocycles. The number of likely N-dealkylation sites (tertiary alicyclic amines) is 1. The van der Waals surface area contributed by atoms with Crippen molar-refractivity contribution in [2.24, 2.45) is 0 Å². The number of halogens is 2. The SMILES string of the molecule is Clc1c(C(C#Cc2ccccc2)N2CCCCC2)[nH]c2ccc(Br)cc12. The number of nitrogens with zero attached hydrogens (tertiary/aromatic N) is 1. The van der Waals surface area contributed by atoms with Crippen LogP contribution in [0.4, 0.5) is 0 Å². The van der Waals surface area contributed by atoms with Crippen molar-refractivity contribution in [3.05, 3.63) is 69.3 Å². The molecule has 1 aliphatic rings. The van der Waals surface area contributed by atoms with E-state index in [2.05, 4.69) is 49.8 Å². The summed E-state index contributed by atoms with van der Waals surface area (Å²) in [7, 11) is 0. The fourth-order valence-corrected chi connectivity index (χ4v) is 4.20.